The van der Waals surface area contributed by atoms with Crippen LogP contribution in [0.25, 0.3) is 0 Å². The number of likely N-dealkylation sites (tertiary alicyclic amines) is 1. The third-order valence-electron chi connectivity index (χ3n) is 6.59. The van der Waals surface area contributed by atoms with E-state index in [1.54, 1.807) is 21.3 Å². The van der Waals surface area contributed by atoms with Gasteiger partial charge in [0.25, 0.3) is 0 Å². The number of benzene rings is 3. The Kier molecular flexibility index (Phi) is 8.33. The number of carbonyl (C=O) groups is 1. The standard InChI is InChI=1S/C29H33NO6/c1-33-25-16-23(17-26(34-2)28(25)35-3)27(30-14-8-12-22(18-30)29(31)32)21-11-7-13-24(15-21)36-19-20-9-5-4-6-10-20/h4-7,9-11,13,15-17,22,27H,8,12,14,18-19H2,1-3H3,(H,31,32). The van der Waals surface area contributed by atoms with E-state index in [1.165, 1.54) is 0 Å². The smallest absolute Gasteiger partial charge is 0.307 e. The Hall–Kier alpha value is -3.71. The van der Waals surface area contributed by atoms with E-state index in [-0.39, 0.29) is 6.04 Å². The highest BCUT2D eigenvalue weighted by Gasteiger charge is 2.32. The highest BCUT2D eigenvalue weighted by molar-refractivity contribution is 5.70. The molecule has 1 aliphatic heterocycles. The molecule has 7 nitrogen and oxygen atoms in total. The van der Waals surface area contributed by atoms with Crippen LogP contribution in [0, 0.1) is 5.92 Å². The van der Waals surface area contributed by atoms with Gasteiger partial charge in [-0.25, -0.2) is 0 Å². The molecule has 4 rings (SSSR count). The zero-order valence-electron chi connectivity index (χ0n) is 21.0. The van der Waals surface area contributed by atoms with Crippen LogP contribution in [0.2, 0.25) is 0 Å². The molecule has 0 spiro atoms. The van der Waals surface area contributed by atoms with Gasteiger partial charge in [0, 0.05) is 6.54 Å². The summed E-state index contributed by atoms with van der Waals surface area (Å²) in [6, 6.07) is 21.7. The third-order valence-corrected chi connectivity index (χ3v) is 6.59. The van der Waals surface area contributed by atoms with Gasteiger partial charge in [0.15, 0.2) is 11.5 Å². The normalized spacial score (nSPS) is 16.7. The van der Waals surface area contributed by atoms with Crippen LogP contribution in [0.15, 0.2) is 66.7 Å². The summed E-state index contributed by atoms with van der Waals surface area (Å²) in [5.74, 6) is 1.20. The molecule has 0 aromatic heterocycles. The van der Waals surface area contributed by atoms with E-state index in [0.29, 0.717) is 36.8 Å². The number of hydrogen-bond acceptors (Lipinski definition) is 6. The van der Waals surface area contributed by atoms with Gasteiger partial charge in [-0.3, -0.25) is 9.69 Å². The lowest BCUT2D eigenvalue weighted by Gasteiger charge is -2.38. The Bertz CT molecular complexity index is 1140. The van der Waals surface area contributed by atoms with Crippen LogP contribution in [0.3, 0.4) is 0 Å². The molecule has 0 radical (unpaired) electrons. The summed E-state index contributed by atoms with van der Waals surface area (Å²) in [5, 5.41) is 9.73. The number of aliphatic carboxylic acids is 1. The first-order valence-electron chi connectivity index (χ1n) is 12.1. The van der Waals surface area contributed by atoms with Crippen LogP contribution in [0.4, 0.5) is 0 Å². The first kappa shape index (κ1) is 25.4. The molecule has 1 saturated heterocycles. The molecule has 7 heteroatoms. The quantitative estimate of drug-likeness (QED) is 0.419. The molecular weight excluding hydrogens is 458 g/mol. The summed E-state index contributed by atoms with van der Waals surface area (Å²) < 4.78 is 22.9. The van der Waals surface area contributed by atoms with Crippen LogP contribution in [-0.4, -0.2) is 50.4 Å². The van der Waals surface area contributed by atoms with E-state index in [4.69, 9.17) is 18.9 Å². The second kappa shape index (κ2) is 11.8. The van der Waals surface area contributed by atoms with E-state index in [9.17, 15) is 9.90 Å². The van der Waals surface area contributed by atoms with Crippen LogP contribution in [0.1, 0.15) is 35.6 Å². The SMILES string of the molecule is COc1cc(C(c2cccc(OCc3ccccc3)c2)N2CCCC(C(=O)O)C2)cc(OC)c1OC. The van der Waals surface area contributed by atoms with E-state index in [1.807, 2.05) is 66.7 Å². The number of hydrogen-bond donors (Lipinski definition) is 1. The molecule has 2 atom stereocenters. The molecule has 0 amide bonds. The minimum absolute atomic E-state index is 0.221. The second-order valence-electron chi connectivity index (χ2n) is 8.88. The van der Waals surface area contributed by atoms with Gasteiger partial charge < -0.3 is 24.1 Å². The van der Waals surface area contributed by atoms with Crippen LogP contribution in [-0.2, 0) is 11.4 Å². The van der Waals surface area contributed by atoms with Crippen molar-refractivity contribution >= 4 is 5.97 Å². The highest BCUT2D eigenvalue weighted by atomic mass is 16.5. The van der Waals surface area contributed by atoms with Crippen molar-refractivity contribution in [3.63, 3.8) is 0 Å². The number of carboxylic acids is 1. The van der Waals surface area contributed by atoms with Gasteiger partial charge in [-0.1, -0.05) is 42.5 Å². The van der Waals surface area contributed by atoms with Gasteiger partial charge in [-0.05, 0) is 60.3 Å². The average Bonchev–Trinajstić information content (AvgIpc) is 2.92. The zero-order chi connectivity index (χ0) is 25.5. The van der Waals surface area contributed by atoms with Crippen molar-refractivity contribution in [1.29, 1.82) is 0 Å². The minimum Gasteiger partial charge on any atom is -0.493 e. The molecule has 2 unspecified atom stereocenters. The molecule has 0 bridgehead atoms. The fraction of sp³-hybridized carbons (Fsp3) is 0.345. The lowest BCUT2D eigenvalue weighted by Crippen LogP contribution is -2.41. The maximum absolute atomic E-state index is 11.9. The van der Waals surface area contributed by atoms with E-state index in [2.05, 4.69) is 4.90 Å². The number of carboxylic acid groups (broad SMARTS) is 1. The minimum atomic E-state index is -0.761. The predicted molar refractivity (Wildman–Crippen MR) is 137 cm³/mol. The van der Waals surface area contributed by atoms with E-state index in [0.717, 1.165) is 35.4 Å². The second-order valence-corrected chi connectivity index (χ2v) is 8.88. The Balaban J connectivity index is 1.73. The fourth-order valence-electron chi connectivity index (χ4n) is 4.83. The van der Waals surface area contributed by atoms with Gasteiger partial charge in [0.2, 0.25) is 5.75 Å². The van der Waals surface area contributed by atoms with Gasteiger partial charge in [-0.15, -0.1) is 0 Å². The van der Waals surface area contributed by atoms with Crippen molar-refractivity contribution in [1.82, 2.24) is 4.90 Å². The van der Waals surface area contributed by atoms with Crippen LogP contribution < -0.4 is 18.9 Å². The summed E-state index contributed by atoms with van der Waals surface area (Å²) in [4.78, 5) is 14.1. The zero-order valence-corrected chi connectivity index (χ0v) is 21.0. The Morgan fingerprint density at radius 2 is 1.67 bits per heavy atom. The molecule has 3 aromatic carbocycles. The molecule has 0 aliphatic carbocycles. The number of rotatable bonds is 10. The van der Waals surface area contributed by atoms with Crippen molar-refractivity contribution in [2.24, 2.45) is 5.92 Å². The summed E-state index contributed by atoms with van der Waals surface area (Å²) in [6.45, 7) is 1.69. The molecule has 36 heavy (non-hydrogen) atoms. The van der Waals surface area contributed by atoms with Gasteiger partial charge in [0.05, 0.1) is 33.3 Å². The lowest BCUT2D eigenvalue weighted by atomic mass is 9.91. The highest BCUT2D eigenvalue weighted by Crippen LogP contribution is 2.43. The molecule has 1 aliphatic rings. The van der Waals surface area contributed by atoms with Crippen LogP contribution in [0.5, 0.6) is 23.0 Å². The molecule has 3 aromatic rings. The monoisotopic (exact) mass is 491 g/mol. The largest absolute Gasteiger partial charge is 0.493 e. The van der Waals surface area contributed by atoms with Crippen molar-refractivity contribution < 1.29 is 28.8 Å². The summed E-state index contributed by atoms with van der Waals surface area (Å²) >= 11 is 0. The number of methoxy groups -OCH3 is 3. The van der Waals surface area contributed by atoms with E-state index >= 15 is 0 Å². The number of ether oxygens (including phenoxy) is 4. The molecule has 0 saturated carbocycles. The Labute approximate surface area is 212 Å². The van der Waals surface area contributed by atoms with Gasteiger partial charge in [0.1, 0.15) is 12.4 Å². The van der Waals surface area contributed by atoms with Crippen molar-refractivity contribution in [3.05, 3.63) is 83.4 Å². The van der Waals surface area contributed by atoms with Crippen LogP contribution >= 0.6 is 0 Å². The molecule has 1 N–H and O–H groups in total. The summed E-state index contributed by atoms with van der Waals surface area (Å²) in [5.41, 5.74) is 3.01. The van der Waals surface area contributed by atoms with Crippen molar-refractivity contribution in [3.8, 4) is 23.0 Å². The first-order valence-corrected chi connectivity index (χ1v) is 12.1. The average molecular weight is 492 g/mol. The maximum Gasteiger partial charge on any atom is 0.307 e. The Morgan fingerprint density at radius 3 is 2.31 bits per heavy atom. The summed E-state index contributed by atoms with van der Waals surface area (Å²) in [6.07, 6.45) is 1.48. The molecular formula is C29H33NO6. The number of piperidine rings is 1. The topological polar surface area (TPSA) is 77.5 Å². The van der Waals surface area contributed by atoms with Gasteiger partial charge in [-0.2, -0.15) is 0 Å². The molecule has 1 fully saturated rings. The molecule has 190 valence electrons. The van der Waals surface area contributed by atoms with E-state index < -0.39 is 11.9 Å². The van der Waals surface area contributed by atoms with Crippen molar-refractivity contribution in [2.75, 3.05) is 34.4 Å². The fourth-order valence-corrected chi connectivity index (χ4v) is 4.83. The molecule has 1 heterocycles. The first-order chi connectivity index (χ1) is 17.5. The third kappa shape index (κ3) is 5.74. The summed E-state index contributed by atoms with van der Waals surface area (Å²) in [7, 11) is 4.76. The van der Waals surface area contributed by atoms with Crippen molar-refractivity contribution in [2.45, 2.75) is 25.5 Å². The van der Waals surface area contributed by atoms with Gasteiger partial charge >= 0.3 is 5.97 Å². The maximum atomic E-state index is 11.9. The Morgan fingerprint density at radius 1 is 0.944 bits per heavy atom. The predicted octanol–water partition coefficient (Wildman–Crippen LogP) is 5.18. The lowest BCUT2D eigenvalue weighted by molar-refractivity contribution is -0.143. The number of nitrogens with zero attached hydrogens (tertiary/aromatic N) is 1.